The molecule has 11 heavy (non-hydrogen) atoms. The maximum absolute atomic E-state index is 10.6. The summed E-state index contributed by atoms with van der Waals surface area (Å²) in [5, 5.41) is 12.8. The molecule has 2 aromatic heterocycles. The third-order valence-corrected chi connectivity index (χ3v) is 1.09. The molecular formula is C4H3N5NaO. The molecule has 2 heterocycles. The van der Waals surface area contributed by atoms with Gasteiger partial charge in [0.25, 0.3) is 5.56 Å². The van der Waals surface area contributed by atoms with Crippen molar-refractivity contribution in [3.05, 3.63) is 22.5 Å². The molecule has 1 radical (unpaired) electrons. The second kappa shape index (κ2) is 3.12. The van der Waals surface area contributed by atoms with Gasteiger partial charge >= 0.3 is 0 Å². The minimum atomic E-state index is -0.222. The van der Waals surface area contributed by atoms with E-state index < -0.39 is 0 Å². The number of nitrogens with one attached hydrogen (secondary N) is 1. The Balaban J connectivity index is 0.000000605. The largest absolute Gasteiger partial charge is 0.268 e. The zero-order chi connectivity index (χ0) is 6.97. The van der Waals surface area contributed by atoms with Gasteiger partial charge in [0.05, 0.1) is 0 Å². The van der Waals surface area contributed by atoms with E-state index in [-0.39, 0.29) is 35.1 Å². The first kappa shape index (κ1) is 8.38. The average Bonchev–Trinajstić information content (AvgIpc) is 2.33. The number of nitrogens with zero attached hydrogens (tertiary/aromatic N) is 4. The number of aromatic amines is 1. The van der Waals surface area contributed by atoms with Gasteiger partial charge in [0.2, 0.25) is 0 Å². The minimum absolute atomic E-state index is 0. The molecule has 6 nitrogen and oxygen atoms in total. The van der Waals surface area contributed by atoms with E-state index in [4.69, 9.17) is 0 Å². The Labute approximate surface area is 82.9 Å². The fraction of sp³-hybridized carbons (Fsp3) is 0. The van der Waals surface area contributed by atoms with Gasteiger partial charge in [0, 0.05) is 35.6 Å². The summed E-state index contributed by atoms with van der Waals surface area (Å²) in [6, 6.07) is 2.91. The van der Waals surface area contributed by atoms with Gasteiger partial charge in [0.15, 0.2) is 5.65 Å². The van der Waals surface area contributed by atoms with Gasteiger partial charge < -0.3 is 0 Å². The van der Waals surface area contributed by atoms with Crippen LogP contribution in [0.4, 0.5) is 0 Å². The van der Waals surface area contributed by atoms with Gasteiger partial charge in [-0.25, -0.2) is 5.10 Å². The van der Waals surface area contributed by atoms with Crippen molar-refractivity contribution >= 4 is 35.2 Å². The standard InChI is InChI=1S/C4H3N5O.Na/c10-4-2-1-3-5-7-8-9(3)6-4;/h1-2H,(H,6,10);. The van der Waals surface area contributed by atoms with Crippen LogP contribution in [-0.4, -0.2) is 54.8 Å². The van der Waals surface area contributed by atoms with E-state index in [0.29, 0.717) is 5.65 Å². The van der Waals surface area contributed by atoms with E-state index in [0.717, 1.165) is 0 Å². The molecule has 0 atom stereocenters. The fourth-order valence-corrected chi connectivity index (χ4v) is 0.669. The van der Waals surface area contributed by atoms with E-state index in [1.807, 2.05) is 0 Å². The Kier molecular flexibility index (Phi) is 2.38. The van der Waals surface area contributed by atoms with Crippen LogP contribution in [0.5, 0.6) is 0 Å². The molecule has 0 saturated carbocycles. The molecule has 0 aliphatic rings. The Hall–Kier alpha value is -0.720. The molecule has 2 rings (SSSR count). The Bertz CT molecular complexity index is 406. The summed E-state index contributed by atoms with van der Waals surface area (Å²) in [4.78, 5) is 10.6. The van der Waals surface area contributed by atoms with Gasteiger partial charge in [0.1, 0.15) is 0 Å². The zero-order valence-corrected chi connectivity index (χ0v) is 7.85. The first-order valence-electron chi connectivity index (χ1n) is 2.64. The van der Waals surface area contributed by atoms with Gasteiger partial charge in [-0.05, 0) is 16.5 Å². The van der Waals surface area contributed by atoms with Crippen LogP contribution in [0.25, 0.3) is 5.65 Å². The van der Waals surface area contributed by atoms with Gasteiger partial charge in [-0.1, -0.05) is 0 Å². The first-order valence-corrected chi connectivity index (χ1v) is 2.64. The maximum Gasteiger partial charge on any atom is 0.264 e. The van der Waals surface area contributed by atoms with Crippen molar-refractivity contribution < 1.29 is 0 Å². The van der Waals surface area contributed by atoms with Crippen LogP contribution < -0.4 is 5.56 Å². The number of tetrazole rings is 1. The Morgan fingerprint density at radius 2 is 2.27 bits per heavy atom. The maximum atomic E-state index is 10.6. The van der Waals surface area contributed by atoms with Crippen molar-refractivity contribution in [2.24, 2.45) is 0 Å². The number of hydrogen-bond acceptors (Lipinski definition) is 4. The molecular weight excluding hydrogens is 157 g/mol. The summed E-state index contributed by atoms with van der Waals surface area (Å²) >= 11 is 0. The molecule has 0 spiro atoms. The second-order valence-electron chi connectivity index (χ2n) is 1.76. The van der Waals surface area contributed by atoms with E-state index in [2.05, 4.69) is 20.6 Å². The monoisotopic (exact) mass is 160 g/mol. The van der Waals surface area contributed by atoms with Crippen LogP contribution in [0.1, 0.15) is 0 Å². The quantitative estimate of drug-likeness (QED) is 0.472. The fourth-order valence-electron chi connectivity index (χ4n) is 0.669. The SMILES string of the molecule is O=c1ccc2nnnn2[nH]1.[Na]. The summed E-state index contributed by atoms with van der Waals surface area (Å²) in [6.45, 7) is 0. The number of hydrogen-bond donors (Lipinski definition) is 1. The number of H-pyrrole nitrogens is 1. The molecule has 51 valence electrons. The first-order chi connectivity index (χ1) is 4.86. The van der Waals surface area contributed by atoms with Crippen LogP contribution in [0, 0.1) is 0 Å². The predicted molar refractivity (Wildman–Crippen MR) is 37.2 cm³/mol. The van der Waals surface area contributed by atoms with Crippen molar-refractivity contribution in [3.8, 4) is 0 Å². The number of rotatable bonds is 0. The molecule has 2 aromatic rings. The molecule has 0 saturated heterocycles. The molecule has 0 aromatic carbocycles. The van der Waals surface area contributed by atoms with Crippen LogP contribution in [-0.2, 0) is 0 Å². The van der Waals surface area contributed by atoms with E-state index in [9.17, 15) is 4.79 Å². The smallest absolute Gasteiger partial charge is 0.264 e. The molecule has 0 aliphatic carbocycles. The van der Waals surface area contributed by atoms with E-state index in [1.54, 1.807) is 6.07 Å². The van der Waals surface area contributed by atoms with Gasteiger partial charge in [-0.3, -0.25) is 4.79 Å². The zero-order valence-electron chi connectivity index (χ0n) is 5.85. The van der Waals surface area contributed by atoms with Crippen molar-refractivity contribution in [1.82, 2.24) is 25.3 Å². The summed E-state index contributed by atoms with van der Waals surface area (Å²) in [5.74, 6) is 0. The second-order valence-corrected chi connectivity index (χ2v) is 1.76. The third kappa shape index (κ3) is 1.47. The van der Waals surface area contributed by atoms with E-state index in [1.165, 1.54) is 10.7 Å². The van der Waals surface area contributed by atoms with Crippen molar-refractivity contribution in [3.63, 3.8) is 0 Å². The van der Waals surface area contributed by atoms with Crippen LogP contribution in [0.15, 0.2) is 16.9 Å². The molecule has 0 amide bonds. The predicted octanol–water partition coefficient (Wildman–Crippen LogP) is -1.57. The summed E-state index contributed by atoms with van der Waals surface area (Å²) in [7, 11) is 0. The number of aromatic nitrogens is 5. The van der Waals surface area contributed by atoms with Crippen molar-refractivity contribution in [2.45, 2.75) is 0 Å². The topological polar surface area (TPSA) is 75.9 Å². The van der Waals surface area contributed by atoms with Crippen LogP contribution in [0.2, 0.25) is 0 Å². The van der Waals surface area contributed by atoms with Crippen molar-refractivity contribution in [1.29, 1.82) is 0 Å². The molecule has 0 aliphatic heterocycles. The normalized spacial score (nSPS) is 9.45. The molecule has 1 N–H and O–H groups in total. The number of fused-ring (bicyclic) bond motifs is 1. The van der Waals surface area contributed by atoms with Crippen LogP contribution in [0.3, 0.4) is 0 Å². The third-order valence-electron chi connectivity index (χ3n) is 1.09. The summed E-state index contributed by atoms with van der Waals surface area (Å²) in [6.07, 6.45) is 0. The molecule has 7 heteroatoms. The van der Waals surface area contributed by atoms with Crippen LogP contribution >= 0.6 is 0 Å². The molecule has 0 unspecified atom stereocenters. The summed E-state index contributed by atoms with van der Waals surface area (Å²) in [5.41, 5.74) is 0.305. The Morgan fingerprint density at radius 1 is 1.45 bits per heavy atom. The molecule has 0 bridgehead atoms. The van der Waals surface area contributed by atoms with Gasteiger partial charge in [-0.15, -0.1) is 9.73 Å². The summed E-state index contributed by atoms with van der Waals surface area (Å²) < 4.78 is 1.21. The Morgan fingerprint density at radius 3 is 3.09 bits per heavy atom. The van der Waals surface area contributed by atoms with Crippen molar-refractivity contribution in [2.75, 3.05) is 0 Å². The van der Waals surface area contributed by atoms with Gasteiger partial charge in [-0.2, -0.15) is 0 Å². The average molecular weight is 160 g/mol. The minimum Gasteiger partial charge on any atom is -0.268 e. The molecule has 0 fully saturated rings. The van der Waals surface area contributed by atoms with E-state index >= 15 is 0 Å².